The second-order valence-corrected chi connectivity index (χ2v) is 7.13. The molecule has 0 bridgehead atoms. The number of ether oxygens (including phenoxy) is 2. The van der Waals surface area contributed by atoms with Crippen LogP contribution in [0.5, 0.6) is 0 Å². The lowest BCUT2D eigenvalue weighted by Gasteiger charge is -2.42. The van der Waals surface area contributed by atoms with E-state index in [9.17, 15) is 4.79 Å². The predicted molar refractivity (Wildman–Crippen MR) is 95.7 cm³/mol. The first kappa shape index (κ1) is 16.4. The Morgan fingerprint density at radius 1 is 1.44 bits per heavy atom. The number of benzene rings is 1. The summed E-state index contributed by atoms with van der Waals surface area (Å²) < 4.78 is 11.6. The predicted octanol–water partition coefficient (Wildman–Crippen LogP) is 2.30. The number of H-pyrrole nitrogens is 1. The molecule has 3 heterocycles. The summed E-state index contributed by atoms with van der Waals surface area (Å²) in [7, 11) is 0. The van der Waals surface area contributed by atoms with E-state index in [0.717, 1.165) is 18.4 Å². The van der Waals surface area contributed by atoms with E-state index in [4.69, 9.17) is 9.47 Å². The third-order valence-corrected chi connectivity index (χ3v) is 5.12. The number of urea groups is 1. The molecule has 2 N–H and O–H groups in total. The summed E-state index contributed by atoms with van der Waals surface area (Å²) >= 11 is 0. The first-order chi connectivity index (χ1) is 12.2. The minimum atomic E-state index is -0.314. The SMILES string of the molecule is C[C@@H]1CN(C(=O)NCCc2cccc3[nH]ccc23)C[C@@]2(CCOC2)O1. The Morgan fingerprint density at radius 3 is 3.20 bits per heavy atom. The van der Waals surface area contributed by atoms with Crippen molar-refractivity contribution in [3.8, 4) is 0 Å². The van der Waals surface area contributed by atoms with Crippen LogP contribution in [-0.2, 0) is 15.9 Å². The number of aromatic amines is 1. The second-order valence-electron chi connectivity index (χ2n) is 7.13. The van der Waals surface area contributed by atoms with Crippen molar-refractivity contribution in [3.63, 3.8) is 0 Å². The number of aromatic nitrogens is 1. The van der Waals surface area contributed by atoms with E-state index in [1.807, 2.05) is 24.1 Å². The summed E-state index contributed by atoms with van der Waals surface area (Å²) in [5.74, 6) is 0. The van der Waals surface area contributed by atoms with Gasteiger partial charge in [-0.25, -0.2) is 4.79 Å². The topological polar surface area (TPSA) is 66.6 Å². The number of morpholine rings is 1. The summed E-state index contributed by atoms with van der Waals surface area (Å²) in [6.07, 6.45) is 3.66. The molecule has 25 heavy (non-hydrogen) atoms. The van der Waals surface area contributed by atoms with Crippen LogP contribution >= 0.6 is 0 Å². The average molecular weight is 343 g/mol. The highest BCUT2D eigenvalue weighted by atomic mass is 16.6. The van der Waals surface area contributed by atoms with Crippen LogP contribution in [0.3, 0.4) is 0 Å². The second kappa shape index (κ2) is 6.69. The zero-order valence-electron chi connectivity index (χ0n) is 14.6. The fourth-order valence-electron chi connectivity index (χ4n) is 3.97. The van der Waals surface area contributed by atoms with Crippen LogP contribution in [0.25, 0.3) is 10.9 Å². The molecule has 6 nitrogen and oxygen atoms in total. The number of carbonyl (C=O) groups is 1. The monoisotopic (exact) mass is 343 g/mol. The Bertz CT molecular complexity index is 751. The van der Waals surface area contributed by atoms with Gasteiger partial charge < -0.3 is 24.7 Å². The highest BCUT2D eigenvalue weighted by Gasteiger charge is 2.43. The number of nitrogens with one attached hydrogen (secondary N) is 2. The van der Waals surface area contributed by atoms with Gasteiger partial charge in [0, 0.05) is 43.2 Å². The Morgan fingerprint density at radius 2 is 2.36 bits per heavy atom. The number of carbonyl (C=O) groups excluding carboxylic acids is 1. The number of nitrogens with zero attached hydrogens (tertiary/aromatic N) is 1. The molecule has 2 aromatic rings. The summed E-state index contributed by atoms with van der Waals surface area (Å²) in [4.78, 5) is 17.7. The van der Waals surface area contributed by atoms with Crippen molar-refractivity contribution >= 4 is 16.9 Å². The first-order valence-corrected chi connectivity index (χ1v) is 8.99. The van der Waals surface area contributed by atoms with Gasteiger partial charge in [-0.3, -0.25) is 0 Å². The summed E-state index contributed by atoms with van der Waals surface area (Å²) in [6, 6.07) is 8.30. The van der Waals surface area contributed by atoms with E-state index in [1.54, 1.807) is 0 Å². The van der Waals surface area contributed by atoms with Gasteiger partial charge >= 0.3 is 6.03 Å². The number of hydrogen-bond donors (Lipinski definition) is 2. The summed E-state index contributed by atoms with van der Waals surface area (Å²) in [5.41, 5.74) is 2.06. The van der Waals surface area contributed by atoms with E-state index < -0.39 is 0 Å². The first-order valence-electron chi connectivity index (χ1n) is 8.99. The largest absolute Gasteiger partial charge is 0.378 e. The maximum absolute atomic E-state index is 12.6. The lowest BCUT2D eigenvalue weighted by molar-refractivity contribution is -0.137. The molecule has 0 saturated carbocycles. The van der Waals surface area contributed by atoms with Crippen molar-refractivity contribution < 1.29 is 14.3 Å². The molecule has 1 spiro atoms. The molecule has 0 unspecified atom stereocenters. The van der Waals surface area contributed by atoms with Gasteiger partial charge in [-0.2, -0.15) is 0 Å². The van der Waals surface area contributed by atoms with Gasteiger partial charge in [-0.1, -0.05) is 12.1 Å². The van der Waals surface area contributed by atoms with Gasteiger partial charge in [-0.05, 0) is 31.0 Å². The Labute approximate surface area is 147 Å². The Hall–Kier alpha value is -2.05. The van der Waals surface area contributed by atoms with Gasteiger partial charge in [0.25, 0.3) is 0 Å². The average Bonchev–Trinajstić information content (AvgIpc) is 3.24. The van der Waals surface area contributed by atoms with Crippen LogP contribution in [0.15, 0.2) is 30.5 Å². The quantitative estimate of drug-likeness (QED) is 0.899. The van der Waals surface area contributed by atoms with E-state index in [-0.39, 0.29) is 17.7 Å². The molecule has 4 rings (SSSR count). The minimum absolute atomic E-state index is 0.0114. The van der Waals surface area contributed by atoms with Crippen molar-refractivity contribution in [2.45, 2.75) is 31.5 Å². The molecule has 2 aliphatic rings. The molecule has 1 aromatic heterocycles. The van der Waals surface area contributed by atoms with Crippen molar-refractivity contribution in [2.75, 3.05) is 32.8 Å². The van der Waals surface area contributed by atoms with Crippen LogP contribution in [-0.4, -0.2) is 60.5 Å². The molecule has 6 heteroatoms. The van der Waals surface area contributed by atoms with Crippen LogP contribution in [0.2, 0.25) is 0 Å². The Kier molecular flexibility index (Phi) is 4.39. The maximum Gasteiger partial charge on any atom is 0.317 e. The van der Waals surface area contributed by atoms with Crippen LogP contribution in [0, 0.1) is 0 Å². The number of amides is 2. The van der Waals surface area contributed by atoms with Crippen LogP contribution < -0.4 is 5.32 Å². The lowest BCUT2D eigenvalue weighted by atomic mass is 9.99. The highest BCUT2D eigenvalue weighted by molar-refractivity contribution is 5.83. The van der Waals surface area contributed by atoms with E-state index in [2.05, 4.69) is 28.5 Å². The lowest BCUT2D eigenvalue weighted by Crippen LogP contribution is -2.59. The van der Waals surface area contributed by atoms with Gasteiger partial charge in [-0.15, -0.1) is 0 Å². The fourth-order valence-corrected chi connectivity index (χ4v) is 3.97. The zero-order valence-corrected chi connectivity index (χ0v) is 14.6. The molecule has 134 valence electrons. The molecule has 2 atom stereocenters. The van der Waals surface area contributed by atoms with Gasteiger partial charge in [0.05, 0.1) is 19.3 Å². The molecule has 0 aliphatic carbocycles. The van der Waals surface area contributed by atoms with Crippen molar-refractivity contribution in [1.82, 2.24) is 15.2 Å². The zero-order chi connectivity index (χ0) is 17.3. The third kappa shape index (κ3) is 3.37. The Balaban J connectivity index is 1.35. The highest BCUT2D eigenvalue weighted by Crippen LogP contribution is 2.30. The van der Waals surface area contributed by atoms with E-state index >= 15 is 0 Å². The maximum atomic E-state index is 12.6. The van der Waals surface area contributed by atoms with Gasteiger partial charge in [0.15, 0.2) is 0 Å². The molecule has 1 aromatic carbocycles. The standard InChI is InChI=1S/C19H25N3O3/c1-14-11-22(12-19(25-14)7-10-24-13-19)18(23)21-8-5-15-3-2-4-17-16(15)6-9-20-17/h2-4,6,9,14,20H,5,7-8,10-13H2,1H3,(H,21,23)/t14-,19-/m1/s1. The number of hydrogen-bond acceptors (Lipinski definition) is 3. The minimum Gasteiger partial charge on any atom is -0.378 e. The molecular weight excluding hydrogens is 318 g/mol. The molecule has 2 aliphatic heterocycles. The summed E-state index contributed by atoms with van der Waals surface area (Å²) in [5, 5.41) is 4.29. The van der Waals surface area contributed by atoms with Crippen molar-refractivity contribution in [3.05, 3.63) is 36.0 Å². The fraction of sp³-hybridized carbons (Fsp3) is 0.526. The van der Waals surface area contributed by atoms with Crippen LogP contribution in [0.1, 0.15) is 18.9 Å². The number of fused-ring (bicyclic) bond motifs is 1. The normalized spacial score (nSPS) is 26.4. The van der Waals surface area contributed by atoms with Gasteiger partial charge in [0.2, 0.25) is 0 Å². The molecule has 2 saturated heterocycles. The summed E-state index contributed by atoms with van der Waals surface area (Å²) in [6.45, 7) is 5.17. The molecule has 2 fully saturated rings. The molecule has 0 radical (unpaired) electrons. The van der Waals surface area contributed by atoms with E-state index in [0.29, 0.717) is 32.8 Å². The van der Waals surface area contributed by atoms with Crippen LogP contribution in [0.4, 0.5) is 4.79 Å². The number of rotatable bonds is 3. The molecule has 2 amide bonds. The smallest absolute Gasteiger partial charge is 0.317 e. The van der Waals surface area contributed by atoms with Crippen molar-refractivity contribution in [2.24, 2.45) is 0 Å². The molecular formula is C19H25N3O3. The van der Waals surface area contributed by atoms with Crippen molar-refractivity contribution in [1.29, 1.82) is 0 Å². The third-order valence-electron chi connectivity index (χ3n) is 5.12. The van der Waals surface area contributed by atoms with Gasteiger partial charge in [0.1, 0.15) is 5.60 Å². The van der Waals surface area contributed by atoms with E-state index in [1.165, 1.54) is 10.9 Å².